The van der Waals surface area contributed by atoms with Gasteiger partial charge in [-0.3, -0.25) is 19.3 Å². The zero-order chi connectivity index (χ0) is 22.7. The van der Waals surface area contributed by atoms with Crippen LogP contribution in [0.4, 0.5) is 10.5 Å². The van der Waals surface area contributed by atoms with Gasteiger partial charge in [0.25, 0.3) is 11.1 Å². The molecule has 0 bridgehead atoms. The van der Waals surface area contributed by atoms with Crippen LogP contribution in [0.3, 0.4) is 0 Å². The molecule has 0 aliphatic carbocycles. The van der Waals surface area contributed by atoms with Crippen molar-refractivity contribution in [2.75, 3.05) is 11.9 Å². The minimum absolute atomic E-state index is 0.187. The fraction of sp³-hybridized carbons (Fsp3) is 0.0455. The quantitative estimate of drug-likeness (QED) is 0.390. The largest absolute Gasteiger partial charge is 0.450 e. The van der Waals surface area contributed by atoms with Crippen LogP contribution < -0.4 is 5.32 Å². The van der Waals surface area contributed by atoms with Crippen LogP contribution in [-0.4, -0.2) is 28.5 Å². The van der Waals surface area contributed by atoms with E-state index in [9.17, 15) is 14.4 Å². The molecule has 1 aromatic heterocycles. The average Bonchev–Trinajstić information content (AvgIpc) is 3.31. The molecule has 0 radical (unpaired) electrons. The summed E-state index contributed by atoms with van der Waals surface area (Å²) in [6.45, 7) is -0.388. The predicted molar refractivity (Wildman–Crippen MR) is 127 cm³/mol. The monoisotopic (exact) mass is 504 g/mol. The molecule has 0 saturated carbocycles. The number of thioether (sulfide) groups is 1. The van der Waals surface area contributed by atoms with E-state index in [1.807, 2.05) is 12.1 Å². The lowest BCUT2D eigenvalue weighted by molar-refractivity contribution is -0.127. The summed E-state index contributed by atoms with van der Waals surface area (Å²) in [5.41, 5.74) is 0.517. The Morgan fingerprint density at radius 1 is 1.00 bits per heavy atom. The number of amides is 3. The number of imide groups is 1. The van der Waals surface area contributed by atoms with E-state index >= 15 is 0 Å². The number of hydrogen-bond donors (Lipinski definition) is 1. The summed E-state index contributed by atoms with van der Waals surface area (Å²) >= 11 is 13.9. The van der Waals surface area contributed by atoms with Gasteiger partial charge in [0.1, 0.15) is 12.3 Å². The van der Waals surface area contributed by atoms with Crippen LogP contribution in [0.5, 0.6) is 0 Å². The average molecular weight is 505 g/mol. The van der Waals surface area contributed by atoms with Gasteiger partial charge in [-0.25, -0.2) is 0 Å². The van der Waals surface area contributed by atoms with E-state index in [1.54, 1.807) is 48.5 Å². The zero-order valence-electron chi connectivity index (χ0n) is 16.2. The molecule has 0 spiro atoms. The van der Waals surface area contributed by atoms with Gasteiger partial charge in [0.2, 0.25) is 5.91 Å². The fourth-order valence-corrected chi connectivity index (χ4v) is 4.58. The van der Waals surface area contributed by atoms with Crippen molar-refractivity contribution in [1.29, 1.82) is 0 Å². The first kappa shape index (κ1) is 22.5. The van der Waals surface area contributed by atoms with Crippen LogP contribution in [0.25, 0.3) is 6.08 Å². The Morgan fingerprint density at radius 3 is 2.34 bits per heavy atom. The molecule has 32 heavy (non-hydrogen) atoms. The van der Waals surface area contributed by atoms with E-state index in [0.717, 1.165) is 21.6 Å². The summed E-state index contributed by atoms with van der Waals surface area (Å²) in [4.78, 5) is 39.2. The molecule has 0 atom stereocenters. The molecule has 1 aliphatic heterocycles. The van der Waals surface area contributed by atoms with Crippen LogP contribution in [-0.2, 0) is 9.59 Å². The standard InChI is InChI=1S/C22H14Cl2N2O4S2/c23-13-1-5-15(6-2-13)25-19(27)12-26-21(28)18(32-22(26)29)11-16-7-10-20(30-16)31-17-8-3-14(24)4-9-17/h1-11H,12H2,(H,25,27)/b18-11-. The van der Waals surface area contributed by atoms with Crippen LogP contribution in [0, 0.1) is 0 Å². The number of halogens is 2. The smallest absolute Gasteiger partial charge is 0.294 e. The minimum Gasteiger partial charge on any atom is -0.450 e. The molecular weight excluding hydrogens is 491 g/mol. The van der Waals surface area contributed by atoms with Gasteiger partial charge in [0.05, 0.1) is 4.91 Å². The molecule has 1 aliphatic rings. The van der Waals surface area contributed by atoms with Crippen molar-refractivity contribution < 1.29 is 18.8 Å². The number of rotatable bonds is 6. The van der Waals surface area contributed by atoms with Crippen molar-refractivity contribution in [1.82, 2.24) is 4.90 Å². The van der Waals surface area contributed by atoms with Crippen LogP contribution in [0.1, 0.15) is 5.76 Å². The molecule has 3 aromatic rings. The van der Waals surface area contributed by atoms with Crippen molar-refractivity contribution in [2.24, 2.45) is 0 Å². The van der Waals surface area contributed by atoms with Crippen LogP contribution >= 0.6 is 46.7 Å². The van der Waals surface area contributed by atoms with E-state index < -0.39 is 17.1 Å². The molecule has 0 unspecified atom stereocenters. The minimum atomic E-state index is -0.547. The number of carbonyl (C=O) groups excluding carboxylic acids is 3. The van der Waals surface area contributed by atoms with Crippen molar-refractivity contribution in [3.05, 3.63) is 81.4 Å². The van der Waals surface area contributed by atoms with Crippen molar-refractivity contribution >= 4 is 75.5 Å². The molecule has 2 heterocycles. The Kier molecular flexibility index (Phi) is 6.95. The van der Waals surface area contributed by atoms with E-state index in [-0.39, 0.29) is 11.4 Å². The highest BCUT2D eigenvalue weighted by Gasteiger charge is 2.36. The SMILES string of the molecule is O=C(CN1C(=O)S/C(=C\c2ccc(Sc3ccc(Cl)cc3)o2)C1=O)Nc1ccc(Cl)cc1. The Hall–Kier alpha value is -2.65. The first-order valence-electron chi connectivity index (χ1n) is 9.21. The lowest BCUT2D eigenvalue weighted by atomic mass is 10.3. The number of benzene rings is 2. The van der Waals surface area contributed by atoms with Gasteiger partial charge in [0.15, 0.2) is 5.09 Å². The summed E-state index contributed by atoms with van der Waals surface area (Å²) < 4.78 is 5.74. The maximum Gasteiger partial charge on any atom is 0.294 e. The third kappa shape index (κ3) is 5.58. The summed E-state index contributed by atoms with van der Waals surface area (Å²) in [5, 5.41) is 3.92. The molecule has 162 valence electrons. The van der Waals surface area contributed by atoms with Gasteiger partial charge in [-0.05, 0) is 72.4 Å². The van der Waals surface area contributed by atoms with E-state index in [4.69, 9.17) is 27.6 Å². The Labute approximate surface area is 201 Å². The third-order valence-corrected chi connectivity index (χ3v) is 6.55. The molecular formula is C22H14Cl2N2O4S2. The van der Waals surface area contributed by atoms with Gasteiger partial charge < -0.3 is 9.73 Å². The molecule has 6 nitrogen and oxygen atoms in total. The number of furan rings is 1. The zero-order valence-corrected chi connectivity index (χ0v) is 19.4. The van der Waals surface area contributed by atoms with Crippen molar-refractivity contribution in [2.45, 2.75) is 9.99 Å². The molecule has 1 saturated heterocycles. The lowest BCUT2D eigenvalue weighted by Crippen LogP contribution is -2.36. The highest BCUT2D eigenvalue weighted by molar-refractivity contribution is 8.18. The summed E-state index contributed by atoms with van der Waals surface area (Å²) in [6.07, 6.45) is 1.49. The second-order valence-electron chi connectivity index (χ2n) is 6.54. The summed E-state index contributed by atoms with van der Waals surface area (Å²) in [6, 6.07) is 17.3. The molecule has 10 heteroatoms. The predicted octanol–water partition coefficient (Wildman–Crippen LogP) is 6.41. The molecule has 1 N–H and O–H groups in total. The highest BCUT2D eigenvalue weighted by atomic mass is 35.5. The van der Waals surface area contributed by atoms with E-state index in [2.05, 4.69) is 5.32 Å². The van der Waals surface area contributed by atoms with Crippen molar-refractivity contribution in [3.8, 4) is 0 Å². The van der Waals surface area contributed by atoms with Gasteiger partial charge in [-0.1, -0.05) is 35.0 Å². The van der Waals surface area contributed by atoms with E-state index in [1.165, 1.54) is 17.8 Å². The molecule has 3 amide bonds. The summed E-state index contributed by atoms with van der Waals surface area (Å²) in [7, 11) is 0. The highest BCUT2D eigenvalue weighted by Crippen LogP contribution is 2.34. The van der Waals surface area contributed by atoms with Crippen molar-refractivity contribution in [3.63, 3.8) is 0 Å². The van der Waals surface area contributed by atoms with Crippen LogP contribution in [0.2, 0.25) is 10.0 Å². The maximum absolute atomic E-state index is 12.6. The topological polar surface area (TPSA) is 79.6 Å². The van der Waals surface area contributed by atoms with E-state index in [0.29, 0.717) is 26.6 Å². The molecule has 2 aromatic carbocycles. The van der Waals surface area contributed by atoms with Gasteiger partial charge in [-0.2, -0.15) is 0 Å². The van der Waals surface area contributed by atoms with Crippen LogP contribution in [0.15, 0.2) is 80.0 Å². The maximum atomic E-state index is 12.6. The molecule has 1 fully saturated rings. The third-order valence-electron chi connectivity index (χ3n) is 4.21. The lowest BCUT2D eigenvalue weighted by Gasteiger charge is -2.12. The van der Waals surface area contributed by atoms with Gasteiger partial charge in [-0.15, -0.1) is 0 Å². The first-order chi connectivity index (χ1) is 15.4. The second-order valence-corrected chi connectivity index (χ2v) is 9.48. The molecule has 4 rings (SSSR count). The first-order valence-corrected chi connectivity index (χ1v) is 11.6. The number of anilines is 1. The Bertz CT molecular complexity index is 1210. The number of nitrogens with one attached hydrogen (secondary N) is 1. The van der Waals surface area contributed by atoms with Gasteiger partial charge in [0, 0.05) is 26.7 Å². The normalized spacial score (nSPS) is 14.9. The number of hydrogen-bond acceptors (Lipinski definition) is 6. The number of nitrogens with zero attached hydrogens (tertiary/aromatic N) is 1. The fourth-order valence-electron chi connectivity index (χ4n) is 2.73. The number of carbonyl (C=O) groups is 3. The second kappa shape index (κ2) is 9.87. The Morgan fingerprint density at radius 2 is 1.66 bits per heavy atom. The Balaban J connectivity index is 1.39. The van der Waals surface area contributed by atoms with Gasteiger partial charge >= 0.3 is 0 Å². The summed E-state index contributed by atoms with van der Waals surface area (Å²) in [5.74, 6) is -0.609.